The van der Waals surface area contributed by atoms with Crippen molar-refractivity contribution < 1.29 is 23.1 Å². The molecule has 0 amide bonds. The number of sulfone groups is 1. The molecule has 0 radical (unpaired) electrons. The lowest BCUT2D eigenvalue weighted by molar-refractivity contribution is -0.134. The van der Waals surface area contributed by atoms with Crippen molar-refractivity contribution in [1.82, 2.24) is 4.90 Å². The van der Waals surface area contributed by atoms with Gasteiger partial charge in [-0.3, -0.25) is 9.69 Å². The van der Waals surface area contributed by atoms with E-state index in [1.165, 1.54) is 12.1 Å². The number of esters is 1. The second-order valence-corrected chi connectivity index (χ2v) is 12.3. The second-order valence-electron chi connectivity index (χ2n) is 9.89. The lowest BCUT2D eigenvalue weighted by Gasteiger charge is -2.25. The Hall–Kier alpha value is -3.49. The molecule has 1 unspecified atom stereocenters. The van der Waals surface area contributed by atoms with Gasteiger partial charge in [-0.15, -0.1) is 0 Å². The van der Waals surface area contributed by atoms with E-state index in [0.717, 1.165) is 16.7 Å². The summed E-state index contributed by atoms with van der Waals surface area (Å²) >= 11 is 6.13. The van der Waals surface area contributed by atoms with Crippen molar-refractivity contribution in [3.05, 3.63) is 125 Å². The maximum absolute atomic E-state index is 13.3. The number of carbonyl (C=O) groups excluding carboxylic acids is 1. The molecular formula is C33H34ClNO5S. The Bertz CT molecular complexity index is 1540. The van der Waals surface area contributed by atoms with Gasteiger partial charge in [-0.2, -0.15) is 0 Å². The van der Waals surface area contributed by atoms with Crippen LogP contribution in [-0.4, -0.2) is 37.5 Å². The molecule has 1 atom stereocenters. The Labute approximate surface area is 247 Å². The summed E-state index contributed by atoms with van der Waals surface area (Å²) in [6.45, 7) is 3.60. The summed E-state index contributed by atoms with van der Waals surface area (Å²) in [6, 6.07) is 30.1. The fraction of sp³-hybridized carbons (Fsp3) is 0.242. The minimum Gasteiger partial charge on any atom is -0.426 e. The first-order valence-corrected chi connectivity index (χ1v) is 15.5. The van der Waals surface area contributed by atoms with Gasteiger partial charge in [-0.25, -0.2) is 8.42 Å². The third-order valence-electron chi connectivity index (χ3n) is 6.67. The Morgan fingerprint density at radius 3 is 2.32 bits per heavy atom. The standard InChI is InChI=1S/C33H34ClNO5S/c1-2-8-33(37)40-29-13-7-14-31(22-29)41(38,39)30-17-15-25(16-18-30)19-20-35(23-26-9-4-3-5-10-26)24-32(36)27-11-6-12-28(34)21-27/h3-7,9-18,21-22,32,36H,2,8,19-20,23-24H2,1H3. The molecule has 6 nitrogen and oxygen atoms in total. The van der Waals surface area contributed by atoms with E-state index in [-0.39, 0.29) is 22.0 Å². The molecule has 0 aromatic heterocycles. The third kappa shape index (κ3) is 8.75. The Morgan fingerprint density at radius 1 is 0.878 bits per heavy atom. The largest absolute Gasteiger partial charge is 0.426 e. The number of hydrogen-bond donors (Lipinski definition) is 1. The molecule has 0 heterocycles. The molecule has 0 aliphatic carbocycles. The van der Waals surface area contributed by atoms with Crippen LogP contribution in [0.25, 0.3) is 0 Å². The summed E-state index contributed by atoms with van der Waals surface area (Å²) in [7, 11) is -3.79. The molecule has 0 aliphatic rings. The number of aliphatic hydroxyl groups excluding tert-OH is 1. The summed E-state index contributed by atoms with van der Waals surface area (Å²) < 4.78 is 31.8. The summed E-state index contributed by atoms with van der Waals surface area (Å²) in [5.74, 6) is -0.188. The van der Waals surface area contributed by atoms with Crippen molar-refractivity contribution in [3.63, 3.8) is 0 Å². The van der Waals surface area contributed by atoms with Crippen LogP contribution in [0.1, 0.15) is 42.6 Å². The quantitative estimate of drug-likeness (QED) is 0.138. The number of benzene rings is 4. The first kappa shape index (κ1) is 30.5. The molecule has 0 saturated carbocycles. The molecule has 0 fully saturated rings. The molecule has 0 saturated heterocycles. The molecular weight excluding hydrogens is 558 g/mol. The molecule has 1 N–H and O–H groups in total. The third-order valence-corrected chi connectivity index (χ3v) is 8.67. The molecule has 0 aliphatic heterocycles. The van der Waals surface area contributed by atoms with E-state index in [0.29, 0.717) is 37.5 Å². The van der Waals surface area contributed by atoms with Gasteiger partial charge >= 0.3 is 5.97 Å². The molecule has 0 bridgehead atoms. The first-order chi connectivity index (χ1) is 19.7. The first-order valence-electron chi connectivity index (χ1n) is 13.6. The highest BCUT2D eigenvalue weighted by Crippen LogP contribution is 2.25. The summed E-state index contributed by atoms with van der Waals surface area (Å²) in [5, 5.41) is 11.5. The normalized spacial score (nSPS) is 12.3. The van der Waals surface area contributed by atoms with Crippen molar-refractivity contribution in [2.45, 2.75) is 48.6 Å². The van der Waals surface area contributed by atoms with Gasteiger partial charge in [0.2, 0.25) is 9.84 Å². The van der Waals surface area contributed by atoms with Crippen LogP contribution in [0.4, 0.5) is 0 Å². The fourth-order valence-electron chi connectivity index (χ4n) is 4.49. The topological polar surface area (TPSA) is 83.9 Å². The number of carbonyl (C=O) groups is 1. The van der Waals surface area contributed by atoms with Gasteiger partial charge in [0.1, 0.15) is 5.75 Å². The van der Waals surface area contributed by atoms with E-state index in [4.69, 9.17) is 16.3 Å². The summed E-state index contributed by atoms with van der Waals surface area (Å²) in [5.41, 5.74) is 2.87. The van der Waals surface area contributed by atoms with Crippen LogP contribution in [0.15, 0.2) is 113 Å². The number of nitrogens with zero attached hydrogens (tertiary/aromatic N) is 1. The summed E-state index contributed by atoms with van der Waals surface area (Å²) in [6.07, 6.45) is 0.872. The average molecular weight is 592 g/mol. The summed E-state index contributed by atoms with van der Waals surface area (Å²) in [4.78, 5) is 14.2. The number of hydrogen-bond acceptors (Lipinski definition) is 6. The van der Waals surface area contributed by atoms with E-state index in [2.05, 4.69) is 17.0 Å². The van der Waals surface area contributed by atoms with Crippen LogP contribution >= 0.6 is 11.6 Å². The van der Waals surface area contributed by atoms with Gasteiger partial charge in [0.05, 0.1) is 15.9 Å². The Kier molecular flexibility index (Phi) is 10.7. The molecule has 8 heteroatoms. The van der Waals surface area contributed by atoms with Crippen LogP contribution in [-0.2, 0) is 27.6 Å². The highest BCUT2D eigenvalue weighted by atomic mass is 35.5. The number of ether oxygens (including phenoxy) is 1. The van der Waals surface area contributed by atoms with Crippen LogP contribution in [0.2, 0.25) is 5.02 Å². The highest BCUT2D eigenvalue weighted by molar-refractivity contribution is 7.91. The SMILES string of the molecule is CCCC(=O)Oc1cccc(S(=O)(=O)c2ccc(CCN(Cc3ccccc3)CC(O)c3cccc(Cl)c3)cc2)c1. The molecule has 4 rings (SSSR count). The van der Waals surface area contributed by atoms with Crippen LogP contribution in [0.3, 0.4) is 0 Å². The minimum absolute atomic E-state index is 0.0658. The monoisotopic (exact) mass is 591 g/mol. The second kappa shape index (κ2) is 14.4. The zero-order chi connectivity index (χ0) is 29.2. The van der Waals surface area contributed by atoms with E-state index in [1.807, 2.05) is 49.4 Å². The zero-order valence-electron chi connectivity index (χ0n) is 22.9. The van der Waals surface area contributed by atoms with Crippen molar-refractivity contribution in [2.75, 3.05) is 13.1 Å². The molecule has 41 heavy (non-hydrogen) atoms. The average Bonchev–Trinajstić information content (AvgIpc) is 2.97. The maximum atomic E-state index is 13.3. The van der Waals surface area contributed by atoms with Crippen molar-refractivity contribution in [1.29, 1.82) is 0 Å². The van der Waals surface area contributed by atoms with Gasteiger partial charge in [-0.1, -0.05) is 79.2 Å². The number of rotatable bonds is 13. The minimum atomic E-state index is -3.79. The zero-order valence-corrected chi connectivity index (χ0v) is 24.5. The Balaban J connectivity index is 1.45. The van der Waals surface area contributed by atoms with Crippen molar-refractivity contribution in [2.24, 2.45) is 0 Å². The predicted octanol–water partition coefficient (Wildman–Crippen LogP) is 6.66. The van der Waals surface area contributed by atoms with Crippen molar-refractivity contribution in [3.8, 4) is 5.75 Å². The smallest absolute Gasteiger partial charge is 0.311 e. The Morgan fingerprint density at radius 2 is 1.61 bits per heavy atom. The molecule has 214 valence electrons. The fourth-order valence-corrected chi connectivity index (χ4v) is 5.98. The maximum Gasteiger partial charge on any atom is 0.311 e. The van der Waals surface area contributed by atoms with Crippen LogP contribution in [0.5, 0.6) is 5.75 Å². The van der Waals surface area contributed by atoms with Gasteiger partial charge < -0.3 is 9.84 Å². The van der Waals surface area contributed by atoms with Gasteiger partial charge in [0.15, 0.2) is 0 Å². The molecule has 4 aromatic rings. The van der Waals surface area contributed by atoms with Crippen LogP contribution in [0, 0.1) is 0 Å². The van der Waals surface area contributed by atoms with E-state index in [1.54, 1.807) is 36.4 Å². The van der Waals surface area contributed by atoms with Gasteiger partial charge in [0, 0.05) is 31.1 Å². The van der Waals surface area contributed by atoms with Crippen molar-refractivity contribution >= 4 is 27.4 Å². The number of aliphatic hydroxyl groups is 1. The lowest BCUT2D eigenvalue weighted by Crippen LogP contribution is -2.30. The van der Waals surface area contributed by atoms with E-state index >= 15 is 0 Å². The molecule has 0 spiro atoms. The highest BCUT2D eigenvalue weighted by Gasteiger charge is 2.19. The van der Waals surface area contributed by atoms with E-state index < -0.39 is 21.9 Å². The molecule has 4 aromatic carbocycles. The van der Waals surface area contributed by atoms with Crippen LogP contribution < -0.4 is 4.74 Å². The van der Waals surface area contributed by atoms with Gasteiger partial charge in [0.25, 0.3) is 0 Å². The van der Waals surface area contributed by atoms with E-state index in [9.17, 15) is 18.3 Å². The predicted molar refractivity (Wildman–Crippen MR) is 161 cm³/mol. The lowest BCUT2D eigenvalue weighted by atomic mass is 10.1. The number of halogens is 1. The van der Waals surface area contributed by atoms with Gasteiger partial charge in [-0.05, 0) is 72.0 Å².